The van der Waals surface area contributed by atoms with Crippen molar-refractivity contribution in [1.29, 1.82) is 0 Å². The number of benzene rings is 2. The fourth-order valence-electron chi connectivity index (χ4n) is 4.85. The van der Waals surface area contributed by atoms with Gasteiger partial charge in [0.2, 0.25) is 11.8 Å². The number of ether oxygens (including phenoxy) is 1. The molecule has 10 heteroatoms. The van der Waals surface area contributed by atoms with E-state index in [9.17, 15) is 18.0 Å². The molecule has 40 heavy (non-hydrogen) atoms. The van der Waals surface area contributed by atoms with Crippen LogP contribution in [0.1, 0.15) is 62.0 Å². The van der Waals surface area contributed by atoms with Crippen LogP contribution in [0.15, 0.2) is 53.4 Å². The van der Waals surface area contributed by atoms with Gasteiger partial charge in [-0.1, -0.05) is 52.0 Å². The van der Waals surface area contributed by atoms with Gasteiger partial charge in [-0.05, 0) is 55.0 Å². The quantitative estimate of drug-likeness (QED) is 0.454. The van der Waals surface area contributed by atoms with E-state index in [1.54, 1.807) is 19.1 Å². The molecule has 0 saturated heterocycles. The number of nitrogens with zero attached hydrogens (tertiary/aromatic N) is 3. The van der Waals surface area contributed by atoms with Crippen LogP contribution < -0.4 is 9.46 Å². The number of ketones is 1. The Balaban J connectivity index is 1.92. The zero-order chi connectivity index (χ0) is 29.2. The molecular weight excluding hydrogens is 528 g/mol. The maximum absolute atomic E-state index is 13.8. The average Bonchev–Trinajstić information content (AvgIpc) is 2.88. The Hall–Kier alpha value is -3.79. The maximum atomic E-state index is 13.8. The molecule has 0 aliphatic carbocycles. The highest BCUT2D eigenvalue weighted by molar-refractivity contribution is 7.92. The van der Waals surface area contributed by atoms with E-state index in [2.05, 4.69) is 35.5 Å². The molecule has 2 aromatic carbocycles. The smallest absolute Gasteiger partial charge is 0.264 e. The van der Waals surface area contributed by atoms with E-state index in [-0.39, 0.29) is 53.1 Å². The number of anilines is 1. The molecular formula is C30H36N4O5S. The normalized spacial score (nSPS) is 17.1. The third-order valence-corrected chi connectivity index (χ3v) is 8.10. The van der Waals surface area contributed by atoms with E-state index in [0.29, 0.717) is 12.1 Å². The number of fused-ring (bicyclic) bond motifs is 4. The van der Waals surface area contributed by atoms with Gasteiger partial charge in [-0.15, -0.1) is 0 Å². The fraction of sp³-hybridized carbons (Fsp3) is 0.400. The van der Waals surface area contributed by atoms with Gasteiger partial charge < -0.3 is 9.64 Å². The number of amides is 1. The molecule has 1 atom stereocenters. The molecule has 4 rings (SSSR count). The Morgan fingerprint density at radius 2 is 1.75 bits per heavy atom. The lowest BCUT2D eigenvalue weighted by molar-refractivity contribution is -0.120. The number of nitrogens with one attached hydrogen (secondary N) is 1. The van der Waals surface area contributed by atoms with Crippen LogP contribution >= 0.6 is 0 Å². The maximum Gasteiger partial charge on any atom is 0.264 e. The number of Topliss-reactive ketones (excluding diaryl/α,β-unsaturated/α-hetero) is 1. The van der Waals surface area contributed by atoms with Gasteiger partial charge in [-0.2, -0.15) is 4.98 Å². The second kappa shape index (κ2) is 11.4. The number of carbonyl (C=O) groups excluding carboxylic acids is 2. The first-order valence-corrected chi connectivity index (χ1v) is 14.8. The summed E-state index contributed by atoms with van der Waals surface area (Å²) in [6.07, 6.45) is 0.799. The first-order chi connectivity index (χ1) is 18.8. The number of carbonyl (C=O) groups is 2. The van der Waals surface area contributed by atoms with Crippen molar-refractivity contribution in [3.63, 3.8) is 0 Å². The van der Waals surface area contributed by atoms with Gasteiger partial charge >= 0.3 is 0 Å². The summed E-state index contributed by atoms with van der Waals surface area (Å²) in [5.41, 5.74) is 3.23. The van der Waals surface area contributed by atoms with Crippen molar-refractivity contribution in [3.8, 4) is 17.1 Å². The molecule has 0 spiro atoms. The number of aromatic nitrogens is 2. The third kappa shape index (κ3) is 6.67. The van der Waals surface area contributed by atoms with Crippen molar-refractivity contribution < 1.29 is 22.7 Å². The van der Waals surface area contributed by atoms with Crippen LogP contribution in [0.2, 0.25) is 0 Å². The van der Waals surface area contributed by atoms with Crippen molar-refractivity contribution in [1.82, 2.24) is 14.9 Å². The lowest BCUT2D eigenvalue weighted by Gasteiger charge is -2.35. The highest BCUT2D eigenvalue weighted by Gasteiger charge is 2.32. The predicted octanol–water partition coefficient (Wildman–Crippen LogP) is 5.18. The molecule has 1 amide bonds. The lowest BCUT2D eigenvalue weighted by Crippen LogP contribution is -2.48. The van der Waals surface area contributed by atoms with Crippen molar-refractivity contribution >= 4 is 27.7 Å². The van der Waals surface area contributed by atoms with Gasteiger partial charge in [-0.25, -0.2) is 18.1 Å². The first-order valence-electron chi connectivity index (χ1n) is 13.3. The second-order valence-corrected chi connectivity index (χ2v) is 13.1. The van der Waals surface area contributed by atoms with Crippen LogP contribution in [0.5, 0.6) is 5.88 Å². The number of rotatable bonds is 5. The second-order valence-electron chi connectivity index (χ2n) is 11.4. The molecule has 0 saturated carbocycles. The summed E-state index contributed by atoms with van der Waals surface area (Å²) in [7, 11) is -4.16. The van der Waals surface area contributed by atoms with Gasteiger partial charge in [0.15, 0.2) is 5.78 Å². The highest BCUT2D eigenvalue weighted by atomic mass is 32.2. The Kier molecular flexibility index (Phi) is 8.30. The molecule has 1 aliphatic rings. The molecule has 0 radical (unpaired) electrons. The average molecular weight is 565 g/mol. The van der Waals surface area contributed by atoms with Crippen LogP contribution in [-0.2, 0) is 14.8 Å². The van der Waals surface area contributed by atoms with Crippen molar-refractivity contribution in [2.45, 2.75) is 65.3 Å². The zero-order valence-corrected chi connectivity index (χ0v) is 24.6. The molecule has 0 unspecified atom stereocenters. The van der Waals surface area contributed by atoms with E-state index in [0.717, 1.165) is 16.7 Å². The molecule has 1 aliphatic heterocycles. The van der Waals surface area contributed by atoms with Gasteiger partial charge in [0.05, 0.1) is 23.2 Å². The minimum Gasteiger partial charge on any atom is -0.475 e. The molecule has 0 fully saturated rings. The molecule has 1 aromatic heterocycles. The van der Waals surface area contributed by atoms with Crippen LogP contribution in [0.3, 0.4) is 0 Å². The van der Waals surface area contributed by atoms with Crippen LogP contribution in [0.4, 0.5) is 5.95 Å². The minimum absolute atomic E-state index is 0.0507. The Morgan fingerprint density at radius 1 is 1.07 bits per heavy atom. The predicted molar refractivity (Wildman–Crippen MR) is 154 cm³/mol. The lowest BCUT2D eigenvalue weighted by atomic mass is 9.87. The summed E-state index contributed by atoms with van der Waals surface area (Å²) >= 11 is 0. The Bertz CT molecular complexity index is 1530. The molecule has 9 nitrogen and oxygen atoms in total. The standard InChI is InChI=1S/C30H36N4O5S/c1-7-23(35)17-34-22(16-30(4,5)6)18-39-26-15-25(27-19(2)10-8-11-20(27)3)31-29(32-26)33-40(37,38)24-13-9-12-21(14-24)28(34)36/h8-15,22H,7,16-18H2,1-6H3,(H,31,32,33)/t22-/m1/s1. The topological polar surface area (TPSA) is 119 Å². The SMILES string of the molecule is CCC(=O)CN1C(=O)c2cccc(c2)S(=O)(=O)Nc2nc(cc(-c3c(C)cccc3C)n2)OC[C@H]1CC(C)(C)C. The summed E-state index contributed by atoms with van der Waals surface area (Å²) in [4.78, 5) is 36.8. The zero-order valence-electron chi connectivity index (χ0n) is 23.8. The van der Waals surface area contributed by atoms with Crippen molar-refractivity contribution in [2.24, 2.45) is 5.41 Å². The van der Waals surface area contributed by atoms with E-state index in [1.807, 2.05) is 32.0 Å². The first kappa shape index (κ1) is 29.2. The summed E-state index contributed by atoms with van der Waals surface area (Å²) in [5, 5.41) is 0. The Labute approximate surface area is 236 Å². The van der Waals surface area contributed by atoms with Crippen LogP contribution in [-0.4, -0.2) is 54.2 Å². The van der Waals surface area contributed by atoms with Crippen molar-refractivity contribution in [3.05, 3.63) is 65.2 Å². The summed E-state index contributed by atoms with van der Waals surface area (Å²) in [5.74, 6) is -0.533. The highest BCUT2D eigenvalue weighted by Crippen LogP contribution is 2.31. The number of hydrogen-bond acceptors (Lipinski definition) is 7. The number of sulfonamides is 1. The fourth-order valence-corrected chi connectivity index (χ4v) is 5.84. The van der Waals surface area contributed by atoms with E-state index in [1.165, 1.54) is 23.1 Å². The van der Waals surface area contributed by atoms with E-state index in [4.69, 9.17) is 4.74 Å². The van der Waals surface area contributed by atoms with Crippen molar-refractivity contribution in [2.75, 3.05) is 17.9 Å². The summed E-state index contributed by atoms with van der Waals surface area (Å²) in [6, 6.07) is 12.8. The van der Waals surface area contributed by atoms with Gasteiger partial charge in [0.25, 0.3) is 15.9 Å². The molecule has 4 bridgehead atoms. The Morgan fingerprint density at radius 3 is 2.40 bits per heavy atom. The number of hydrogen-bond donors (Lipinski definition) is 1. The molecule has 2 heterocycles. The molecule has 1 N–H and O–H groups in total. The van der Waals surface area contributed by atoms with Crippen LogP contribution in [0.25, 0.3) is 11.3 Å². The molecule has 3 aromatic rings. The third-order valence-electron chi connectivity index (χ3n) is 6.77. The van der Waals surface area contributed by atoms with Gasteiger partial charge in [0.1, 0.15) is 6.61 Å². The van der Waals surface area contributed by atoms with Gasteiger partial charge in [0, 0.05) is 23.6 Å². The largest absolute Gasteiger partial charge is 0.475 e. The van der Waals surface area contributed by atoms with E-state index < -0.39 is 22.0 Å². The van der Waals surface area contributed by atoms with Crippen LogP contribution in [0, 0.1) is 19.3 Å². The summed E-state index contributed by atoms with van der Waals surface area (Å²) < 4.78 is 35.5. The number of aryl methyl sites for hydroxylation is 2. The van der Waals surface area contributed by atoms with Gasteiger partial charge in [-0.3, -0.25) is 9.59 Å². The monoisotopic (exact) mass is 564 g/mol. The molecule has 212 valence electrons. The minimum atomic E-state index is -4.16. The van der Waals surface area contributed by atoms with E-state index >= 15 is 0 Å². The summed E-state index contributed by atoms with van der Waals surface area (Å²) in [6.45, 7) is 11.8.